The van der Waals surface area contributed by atoms with Gasteiger partial charge in [-0.2, -0.15) is 0 Å². The first kappa shape index (κ1) is 14.7. The summed E-state index contributed by atoms with van der Waals surface area (Å²) in [5.74, 6) is 0. The van der Waals surface area contributed by atoms with Crippen LogP contribution in [0.1, 0.15) is 40.5 Å². The SMILES string of the molecule is CC(C)=CCCC(C)NCC(C)N(C)C. The number of hydrogen-bond acceptors (Lipinski definition) is 2. The lowest BCUT2D eigenvalue weighted by molar-refractivity contribution is 0.293. The van der Waals surface area contributed by atoms with Crippen LogP contribution in [-0.2, 0) is 0 Å². The second-order valence-corrected chi connectivity index (χ2v) is 4.98. The molecule has 2 nitrogen and oxygen atoms in total. The van der Waals surface area contributed by atoms with Crippen molar-refractivity contribution < 1.29 is 0 Å². The monoisotopic (exact) mass is 212 g/mol. The highest BCUT2D eigenvalue weighted by Gasteiger charge is 2.06. The largest absolute Gasteiger partial charge is 0.313 e. The molecule has 0 rings (SSSR count). The minimum Gasteiger partial charge on any atom is -0.313 e. The van der Waals surface area contributed by atoms with Gasteiger partial charge in [0.05, 0.1) is 0 Å². The molecular weight excluding hydrogens is 184 g/mol. The Morgan fingerprint density at radius 3 is 2.33 bits per heavy atom. The summed E-state index contributed by atoms with van der Waals surface area (Å²) in [4.78, 5) is 2.25. The first-order chi connectivity index (χ1) is 6.93. The number of nitrogens with zero attached hydrogens (tertiary/aromatic N) is 1. The van der Waals surface area contributed by atoms with Crippen molar-refractivity contribution in [2.24, 2.45) is 0 Å². The topological polar surface area (TPSA) is 15.3 Å². The van der Waals surface area contributed by atoms with Crippen LogP contribution in [0.2, 0.25) is 0 Å². The summed E-state index contributed by atoms with van der Waals surface area (Å²) < 4.78 is 0. The molecule has 0 aliphatic rings. The Bertz CT molecular complexity index is 181. The van der Waals surface area contributed by atoms with Gasteiger partial charge < -0.3 is 10.2 Å². The molecule has 0 saturated carbocycles. The molecule has 2 unspecified atom stereocenters. The van der Waals surface area contributed by atoms with E-state index in [2.05, 4.69) is 58.1 Å². The van der Waals surface area contributed by atoms with Crippen molar-refractivity contribution in [3.05, 3.63) is 11.6 Å². The Balaban J connectivity index is 3.57. The van der Waals surface area contributed by atoms with E-state index in [1.165, 1.54) is 18.4 Å². The molecule has 2 atom stereocenters. The van der Waals surface area contributed by atoms with Gasteiger partial charge in [-0.25, -0.2) is 0 Å². The average Bonchev–Trinajstić information content (AvgIpc) is 2.13. The van der Waals surface area contributed by atoms with Gasteiger partial charge in [0.15, 0.2) is 0 Å². The molecule has 0 radical (unpaired) electrons. The molecule has 0 bridgehead atoms. The highest BCUT2D eigenvalue weighted by molar-refractivity contribution is 4.93. The molecule has 0 amide bonds. The van der Waals surface area contributed by atoms with Gasteiger partial charge in [0.1, 0.15) is 0 Å². The normalized spacial score (nSPS) is 15.1. The van der Waals surface area contributed by atoms with Crippen molar-refractivity contribution in [1.29, 1.82) is 0 Å². The first-order valence-electron chi connectivity index (χ1n) is 5.96. The van der Waals surface area contributed by atoms with Crippen LogP contribution in [0.15, 0.2) is 11.6 Å². The lowest BCUT2D eigenvalue weighted by Gasteiger charge is -2.22. The second kappa shape index (κ2) is 7.89. The lowest BCUT2D eigenvalue weighted by Crippen LogP contribution is -2.39. The summed E-state index contributed by atoms with van der Waals surface area (Å²) in [6, 6.07) is 1.22. The molecule has 0 heterocycles. The smallest absolute Gasteiger partial charge is 0.0186 e. The maximum absolute atomic E-state index is 3.57. The summed E-state index contributed by atoms with van der Waals surface area (Å²) in [6.45, 7) is 9.90. The molecule has 0 aromatic heterocycles. The third-order valence-electron chi connectivity index (χ3n) is 2.80. The minimum absolute atomic E-state index is 0.607. The van der Waals surface area contributed by atoms with Crippen LogP contribution in [0.5, 0.6) is 0 Å². The fourth-order valence-corrected chi connectivity index (χ4v) is 1.28. The fourth-order valence-electron chi connectivity index (χ4n) is 1.28. The molecule has 0 spiro atoms. The van der Waals surface area contributed by atoms with Gasteiger partial charge in [0, 0.05) is 18.6 Å². The van der Waals surface area contributed by atoms with Gasteiger partial charge in [-0.05, 0) is 54.6 Å². The Hall–Kier alpha value is -0.340. The maximum Gasteiger partial charge on any atom is 0.0186 e. The summed E-state index contributed by atoms with van der Waals surface area (Å²) in [6.07, 6.45) is 4.73. The summed E-state index contributed by atoms with van der Waals surface area (Å²) >= 11 is 0. The number of nitrogens with one attached hydrogen (secondary N) is 1. The van der Waals surface area contributed by atoms with Gasteiger partial charge in [0.25, 0.3) is 0 Å². The molecule has 0 aromatic carbocycles. The van der Waals surface area contributed by atoms with Crippen molar-refractivity contribution in [3.63, 3.8) is 0 Å². The Morgan fingerprint density at radius 1 is 1.27 bits per heavy atom. The Kier molecular flexibility index (Phi) is 7.71. The fraction of sp³-hybridized carbons (Fsp3) is 0.846. The molecule has 90 valence electrons. The first-order valence-corrected chi connectivity index (χ1v) is 5.96. The highest BCUT2D eigenvalue weighted by Crippen LogP contribution is 2.01. The zero-order chi connectivity index (χ0) is 11.8. The number of hydrogen-bond donors (Lipinski definition) is 1. The van der Waals surface area contributed by atoms with Crippen LogP contribution in [0.25, 0.3) is 0 Å². The third kappa shape index (κ3) is 8.64. The van der Waals surface area contributed by atoms with Crippen molar-refractivity contribution in [3.8, 4) is 0 Å². The molecule has 0 aliphatic heterocycles. The predicted molar refractivity (Wildman–Crippen MR) is 69.3 cm³/mol. The Labute approximate surface area is 95.7 Å². The standard InChI is InChI=1S/C13H28N2/c1-11(2)8-7-9-12(3)14-10-13(4)15(5)6/h8,12-14H,7,9-10H2,1-6H3. The summed E-state index contributed by atoms with van der Waals surface area (Å²) in [7, 11) is 4.25. The van der Waals surface area contributed by atoms with Gasteiger partial charge in [-0.1, -0.05) is 11.6 Å². The van der Waals surface area contributed by atoms with Gasteiger partial charge >= 0.3 is 0 Å². The van der Waals surface area contributed by atoms with E-state index in [9.17, 15) is 0 Å². The predicted octanol–water partition coefficient (Wildman–Crippen LogP) is 2.66. The molecule has 1 N–H and O–H groups in total. The number of allylic oxidation sites excluding steroid dienone is 2. The van der Waals surface area contributed by atoms with E-state index in [-0.39, 0.29) is 0 Å². The number of rotatable bonds is 7. The molecule has 0 fully saturated rings. The van der Waals surface area contributed by atoms with Crippen LogP contribution >= 0.6 is 0 Å². The molecule has 0 aromatic rings. The highest BCUT2D eigenvalue weighted by atomic mass is 15.1. The van der Waals surface area contributed by atoms with Crippen LogP contribution in [-0.4, -0.2) is 37.6 Å². The van der Waals surface area contributed by atoms with Gasteiger partial charge in [-0.15, -0.1) is 0 Å². The third-order valence-corrected chi connectivity index (χ3v) is 2.80. The second-order valence-electron chi connectivity index (χ2n) is 4.98. The molecule has 2 heteroatoms. The quantitative estimate of drug-likeness (QED) is 0.653. The number of likely N-dealkylation sites (N-methyl/N-ethyl adjacent to an activating group) is 1. The van der Waals surface area contributed by atoms with E-state index in [4.69, 9.17) is 0 Å². The lowest BCUT2D eigenvalue weighted by atomic mass is 10.1. The zero-order valence-corrected chi connectivity index (χ0v) is 11.3. The molecule has 15 heavy (non-hydrogen) atoms. The van der Waals surface area contributed by atoms with Crippen molar-refractivity contribution in [2.75, 3.05) is 20.6 Å². The van der Waals surface area contributed by atoms with Gasteiger partial charge in [0.2, 0.25) is 0 Å². The molecule has 0 aliphatic carbocycles. The zero-order valence-electron chi connectivity index (χ0n) is 11.3. The molecule has 0 saturated heterocycles. The van der Waals surface area contributed by atoms with Crippen LogP contribution in [0, 0.1) is 0 Å². The van der Waals surface area contributed by atoms with Crippen molar-refractivity contribution in [2.45, 2.75) is 52.6 Å². The van der Waals surface area contributed by atoms with Crippen LogP contribution in [0.3, 0.4) is 0 Å². The van der Waals surface area contributed by atoms with Gasteiger partial charge in [-0.3, -0.25) is 0 Å². The van der Waals surface area contributed by atoms with Crippen molar-refractivity contribution in [1.82, 2.24) is 10.2 Å². The van der Waals surface area contributed by atoms with E-state index in [0.29, 0.717) is 12.1 Å². The van der Waals surface area contributed by atoms with E-state index in [1.54, 1.807) is 0 Å². The maximum atomic E-state index is 3.57. The van der Waals surface area contributed by atoms with E-state index < -0.39 is 0 Å². The van der Waals surface area contributed by atoms with E-state index >= 15 is 0 Å². The minimum atomic E-state index is 0.607. The summed E-state index contributed by atoms with van der Waals surface area (Å²) in [5.41, 5.74) is 1.42. The van der Waals surface area contributed by atoms with E-state index in [0.717, 1.165) is 6.54 Å². The Morgan fingerprint density at radius 2 is 1.87 bits per heavy atom. The van der Waals surface area contributed by atoms with Crippen LogP contribution < -0.4 is 5.32 Å². The van der Waals surface area contributed by atoms with Crippen LogP contribution in [0.4, 0.5) is 0 Å². The van der Waals surface area contributed by atoms with Crippen molar-refractivity contribution >= 4 is 0 Å². The van der Waals surface area contributed by atoms with E-state index in [1.807, 2.05) is 0 Å². The molecular formula is C13H28N2. The average molecular weight is 212 g/mol. The summed E-state index contributed by atoms with van der Waals surface area (Å²) in [5, 5.41) is 3.57.